The van der Waals surface area contributed by atoms with Crippen LogP contribution in [-0.4, -0.2) is 19.1 Å². The van der Waals surface area contributed by atoms with E-state index in [4.69, 9.17) is 4.98 Å². The van der Waals surface area contributed by atoms with E-state index in [2.05, 4.69) is 52.1 Å². The molecule has 5 heteroatoms. The predicted octanol–water partition coefficient (Wildman–Crippen LogP) is 4.32. The second-order valence-corrected chi connectivity index (χ2v) is 6.15. The van der Waals surface area contributed by atoms with Crippen molar-refractivity contribution in [2.75, 3.05) is 0 Å². The summed E-state index contributed by atoms with van der Waals surface area (Å²) >= 11 is 1.47. The van der Waals surface area contributed by atoms with E-state index in [1.165, 1.54) is 11.5 Å². The lowest BCUT2D eigenvalue weighted by Gasteiger charge is -2.04. The molecule has 3 heterocycles. The van der Waals surface area contributed by atoms with Crippen molar-refractivity contribution in [1.29, 1.82) is 0 Å². The summed E-state index contributed by atoms with van der Waals surface area (Å²) in [6.07, 6.45) is 2.96. The van der Waals surface area contributed by atoms with Crippen LogP contribution in [0.3, 0.4) is 0 Å². The maximum Gasteiger partial charge on any atom is 0.0934 e. The Morgan fingerprint density at radius 2 is 2.09 bits per heavy atom. The SMILES string of the molecule is CCc1cccc(-c2csnc2-c2ccc3nn(C)cc3c2)n1. The highest BCUT2D eigenvalue weighted by Gasteiger charge is 2.13. The Morgan fingerprint density at radius 1 is 1.17 bits per heavy atom. The van der Waals surface area contributed by atoms with Crippen molar-refractivity contribution >= 4 is 22.4 Å². The average Bonchev–Trinajstić information content (AvgIpc) is 3.19. The van der Waals surface area contributed by atoms with Gasteiger partial charge in [-0.2, -0.15) is 9.47 Å². The molecule has 4 aromatic rings. The lowest BCUT2D eigenvalue weighted by atomic mass is 10.0. The summed E-state index contributed by atoms with van der Waals surface area (Å²) in [6, 6.07) is 12.4. The fraction of sp³-hybridized carbons (Fsp3) is 0.167. The fourth-order valence-electron chi connectivity index (χ4n) is 2.75. The molecule has 4 rings (SSSR count). The normalized spacial score (nSPS) is 11.2. The maximum atomic E-state index is 4.74. The Hall–Kier alpha value is -2.53. The Balaban J connectivity index is 1.84. The predicted molar refractivity (Wildman–Crippen MR) is 94.4 cm³/mol. The van der Waals surface area contributed by atoms with E-state index < -0.39 is 0 Å². The van der Waals surface area contributed by atoms with Gasteiger partial charge in [-0.05, 0) is 42.2 Å². The van der Waals surface area contributed by atoms with Crippen LogP contribution in [0.1, 0.15) is 12.6 Å². The van der Waals surface area contributed by atoms with Gasteiger partial charge in [0.1, 0.15) is 0 Å². The quantitative estimate of drug-likeness (QED) is 0.564. The zero-order chi connectivity index (χ0) is 15.8. The number of hydrogen-bond donors (Lipinski definition) is 0. The molecule has 0 N–H and O–H groups in total. The summed E-state index contributed by atoms with van der Waals surface area (Å²) in [5, 5.41) is 7.62. The van der Waals surface area contributed by atoms with Crippen LogP contribution in [-0.2, 0) is 13.5 Å². The number of aryl methyl sites for hydroxylation is 2. The van der Waals surface area contributed by atoms with E-state index in [0.717, 1.165) is 45.5 Å². The van der Waals surface area contributed by atoms with Gasteiger partial charge < -0.3 is 0 Å². The van der Waals surface area contributed by atoms with Gasteiger partial charge in [0.25, 0.3) is 0 Å². The van der Waals surface area contributed by atoms with Gasteiger partial charge >= 0.3 is 0 Å². The molecule has 1 aromatic carbocycles. The van der Waals surface area contributed by atoms with Gasteiger partial charge in [-0.25, -0.2) is 0 Å². The highest BCUT2D eigenvalue weighted by Crippen LogP contribution is 2.33. The molecule has 4 nitrogen and oxygen atoms in total. The lowest BCUT2D eigenvalue weighted by molar-refractivity contribution is 0.780. The van der Waals surface area contributed by atoms with Crippen molar-refractivity contribution in [2.24, 2.45) is 7.05 Å². The van der Waals surface area contributed by atoms with Crippen LogP contribution in [0.15, 0.2) is 48.0 Å². The Bertz CT molecular complexity index is 984. The number of hydrogen-bond acceptors (Lipinski definition) is 4. The zero-order valence-electron chi connectivity index (χ0n) is 13.0. The van der Waals surface area contributed by atoms with Gasteiger partial charge in [0.15, 0.2) is 0 Å². The van der Waals surface area contributed by atoms with Gasteiger partial charge in [0.2, 0.25) is 0 Å². The van der Waals surface area contributed by atoms with Crippen LogP contribution >= 0.6 is 11.5 Å². The first-order valence-electron chi connectivity index (χ1n) is 7.59. The van der Waals surface area contributed by atoms with Gasteiger partial charge in [-0.15, -0.1) is 0 Å². The van der Waals surface area contributed by atoms with Crippen molar-refractivity contribution in [3.8, 4) is 22.5 Å². The van der Waals surface area contributed by atoms with Gasteiger partial charge in [0.05, 0.1) is 16.9 Å². The first kappa shape index (κ1) is 14.1. The number of nitrogens with zero attached hydrogens (tertiary/aromatic N) is 4. The molecule has 0 aliphatic rings. The summed E-state index contributed by atoms with van der Waals surface area (Å²) < 4.78 is 6.44. The lowest BCUT2D eigenvalue weighted by Crippen LogP contribution is -1.90. The van der Waals surface area contributed by atoms with E-state index in [0.29, 0.717) is 0 Å². The van der Waals surface area contributed by atoms with Crippen LogP contribution in [0.4, 0.5) is 0 Å². The topological polar surface area (TPSA) is 43.6 Å². The first-order valence-corrected chi connectivity index (χ1v) is 8.42. The fourth-order valence-corrected chi connectivity index (χ4v) is 3.45. The smallest absolute Gasteiger partial charge is 0.0934 e. The molecule has 0 fully saturated rings. The molecular formula is C18H16N4S. The molecule has 0 saturated carbocycles. The van der Waals surface area contributed by atoms with E-state index in [-0.39, 0.29) is 0 Å². The van der Waals surface area contributed by atoms with E-state index in [1.54, 1.807) is 0 Å². The molecule has 0 spiro atoms. The third-order valence-corrected chi connectivity index (χ3v) is 4.54. The van der Waals surface area contributed by atoms with E-state index in [9.17, 15) is 0 Å². The second kappa shape index (κ2) is 5.59. The third kappa shape index (κ3) is 2.53. The summed E-state index contributed by atoms with van der Waals surface area (Å²) in [5.41, 5.74) is 6.27. The molecule has 0 bridgehead atoms. The monoisotopic (exact) mass is 320 g/mol. The van der Waals surface area contributed by atoms with Crippen molar-refractivity contribution in [3.05, 3.63) is 53.7 Å². The molecule has 0 atom stereocenters. The molecule has 0 saturated heterocycles. The molecule has 23 heavy (non-hydrogen) atoms. The zero-order valence-corrected chi connectivity index (χ0v) is 13.8. The number of aromatic nitrogens is 4. The van der Waals surface area contributed by atoms with E-state index in [1.807, 2.05) is 24.0 Å². The van der Waals surface area contributed by atoms with Crippen LogP contribution < -0.4 is 0 Å². The minimum absolute atomic E-state index is 0.933. The van der Waals surface area contributed by atoms with Crippen LogP contribution in [0, 0.1) is 0 Å². The van der Waals surface area contributed by atoms with Crippen LogP contribution in [0.25, 0.3) is 33.4 Å². The standard InChI is InChI=1S/C18H16N4S/c1-3-14-5-4-6-17(19-14)15-11-23-21-18(15)12-7-8-16-13(9-12)10-22(2)20-16/h4-11H,3H2,1-2H3. The number of benzene rings is 1. The van der Waals surface area contributed by atoms with Crippen molar-refractivity contribution in [3.63, 3.8) is 0 Å². The molecule has 3 aromatic heterocycles. The molecule has 0 aliphatic carbocycles. The molecule has 0 amide bonds. The van der Waals surface area contributed by atoms with E-state index >= 15 is 0 Å². The number of fused-ring (bicyclic) bond motifs is 1. The highest BCUT2D eigenvalue weighted by atomic mass is 32.1. The van der Waals surface area contributed by atoms with Crippen molar-refractivity contribution < 1.29 is 0 Å². The summed E-state index contributed by atoms with van der Waals surface area (Å²) in [5.74, 6) is 0. The minimum Gasteiger partial charge on any atom is -0.275 e. The van der Waals surface area contributed by atoms with Crippen molar-refractivity contribution in [1.82, 2.24) is 19.1 Å². The average molecular weight is 320 g/mol. The third-order valence-electron chi connectivity index (χ3n) is 3.91. The Kier molecular flexibility index (Phi) is 3.42. The van der Waals surface area contributed by atoms with Crippen molar-refractivity contribution in [2.45, 2.75) is 13.3 Å². The molecule has 114 valence electrons. The maximum absolute atomic E-state index is 4.74. The molecule has 0 radical (unpaired) electrons. The summed E-state index contributed by atoms with van der Waals surface area (Å²) in [4.78, 5) is 4.74. The number of rotatable bonds is 3. The largest absolute Gasteiger partial charge is 0.275 e. The van der Waals surface area contributed by atoms with Crippen LogP contribution in [0.5, 0.6) is 0 Å². The molecule has 0 aliphatic heterocycles. The minimum atomic E-state index is 0.933. The van der Waals surface area contributed by atoms with Gasteiger partial charge in [-0.3, -0.25) is 9.67 Å². The van der Waals surface area contributed by atoms with Crippen LogP contribution in [0.2, 0.25) is 0 Å². The number of pyridine rings is 1. The Labute approximate surface area is 138 Å². The Morgan fingerprint density at radius 3 is 2.96 bits per heavy atom. The highest BCUT2D eigenvalue weighted by molar-refractivity contribution is 7.04. The summed E-state index contributed by atoms with van der Waals surface area (Å²) in [7, 11) is 1.94. The van der Waals surface area contributed by atoms with Gasteiger partial charge in [-0.1, -0.05) is 19.1 Å². The van der Waals surface area contributed by atoms with Gasteiger partial charge in [0, 0.05) is 40.8 Å². The summed E-state index contributed by atoms with van der Waals surface area (Å²) in [6.45, 7) is 2.12. The molecular weight excluding hydrogens is 304 g/mol. The second-order valence-electron chi connectivity index (χ2n) is 5.52. The molecule has 0 unspecified atom stereocenters. The first-order chi connectivity index (χ1) is 11.2.